The fourth-order valence-corrected chi connectivity index (χ4v) is 1.87. The molecule has 1 aromatic rings. The van der Waals surface area contributed by atoms with E-state index in [0.29, 0.717) is 11.6 Å². The van der Waals surface area contributed by atoms with E-state index in [-0.39, 0.29) is 0 Å². The standard InChI is InChI=1S/C12H14F3N3/c13-12(14,15)9-3-5-10(6-4-9)17-11(16)18-7-1-2-8-18/h3-6H,1-2,7-8H2,(H2,16,17). The van der Waals surface area contributed by atoms with Gasteiger partial charge >= 0.3 is 6.18 Å². The number of nitrogens with zero attached hydrogens (tertiary/aromatic N) is 2. The molecule has 18 heavy (non-hydrogen) atoms. The average molecular weight is 257 g/mol. The van der Waals surface area contributed by atoms with E-state index in [1.807, 2.05) is 4.90 Å². The molecule has 0 saturated carbocycles. The predicted molar refractivity (Wildman–Crippen MR) is 63.5 cm³/mol. The van der Waals surface area contributed by atoms with Gasteiger partial charge in [0.2, 0.25) is 0 Å². The summed E-state index contributed by atoms with van der Waals surface area (Å²) in [7, 11) is 0. The first-order valence-electron chi connectivity index (χ1n) is 5.73. The van der Waals surface area contributed by atoms with Gasteiger partial charge in [-0.3, -0.25) is 0 Å². The number of hydrogen-bond acceptors (Lipinski definition) is 1. The van der Waals surface area contributed by atoms with E-state index in [0.717, 1.165) is 38.1 Å². The summed E-state index contributed by atoms with van der Waals surface area (Å²) in [6.07, 6.45) is -2.17. The Morgan fingerprint density at radius 1 is 1.11 bits per heavy atom. The van der Waals surface area contributed by atoms with Crippen molar-refractivity contribution in [3.63, 3.8) is 0 Å². The van der Waals surface area contributed by atoms with E-state index in [2.05, 4.69) is 4.99 Å². The fourth-order valence-electron chi connectivity index (χ4n) is 1.87. The Morgan fingerprint density at radius 3 is 2.17 bits per heavy atom. The van der Waals surface area contributed by atoms with E-state index >= 15 is 0 Å². The van der Waals surface area contributed by atoms with Crippen molar-refractivity contribution in [2.75, 3.05) is 13.1 Å². The number of aliphatic imine (C=N–C) groups is 1. The van der Waals surface area contributed by atoms with Gasteiger partial charge in [0, 0.05) is 13.1 Å². The third-order valence-corrected chi connectivity index (χ3v) is 2.87. The number of alkyl halides is 3. The molecule has 0 aliphatic carbocycles. The van der Waals surface area contributed by atoms with Crippen LogP contribution in [-0.4, -0.2) is 23.9 Å². The summed E-state index contributed by atoms with van der Waals surface area (Å²) in [5, 5.41) is 0. The molecule has 1 heterocycles. The zero-order valence-corrected chi connectivity index (χ0v) is 9.74. The van der Waals surface area contributed by atoms with Crippen LogP contribution in [0.4, 0.5) is 18.9 Å². The van der Waals surface area contributed by atoms with Crippen molar-refractivity contribution >= 4 is 11.6 Å². The predicted octanol–water partition coefficient (Wildman–Crippen LogP) is 2.75. The van der Waals surface area contributed by atoms with Gasteiger partial charge in [-0.1, -0.05) is 0 Å². The molecule has 3 nitrogen and oxygen atoms in total. The third-order valence-electron chi connectivity index (χ3n) is 2.87. The summed E-state index contributed by atoms with van der Waals surface area (Å²) >= 11 is 0. The topological polar surface area (TPSA) is 41.6 Å². The molecule has 1 fully saturated rings. The summed E-state index contributed by atoms with van der Waals surface area (Å²) in [4.78, 5) is 6.05. The molecule has 0 aromatic heterocycles. The van der Waals surface area contributed by atoms with E-state index in [1.54, 1.807) is 0 Å². The van der Waals surface area contributed by atoms with Gasteiger partial charge in [0.15, 0.2) is 5.96 Å². The Labute approximate surface area is 103 Å². The Bertz CT molecular complexity index is 431. The van der Waals surface area contributed by atoms with Crippen LogP contribution < -0.4 is 5.73 Å². The van der Waals surface area contributed by atoms with Gasteiger partial charge in [-0.25, -0.2) is 4.99 Å². The molecular weight excluding hydrogens is 243 g/mol. The van der Waals surface area contributed by atoms with Crippen LogP contribution in [0.2, 0.25) is 0 Å². The highest BCUT2D eigenvalue weighted by atomic mass is 19.4. The molecule has 0 spiro atoms. The Kier molecular flexibility index (Phi) is 3.45. The zero-order valence-electron chi connectivity index (χ0n) is 9.74. The van der Waals surface area contributed by atoms with Crippen molar-refractivity contribution in [2.45, 2.75) is 19.0 Å². The molecule has 1 aliphatic rings. The van der Waals surface area contributed by atoms with Crippen molar-refractivity contribution in [3.05, 3.63) is 29.8 Å². The molecule has 2 rings (SSSR count). The maximum atomic E-state index is 12.4. The average Bonchev–Trinajstić information content (AvgIpc) is 2.82. The molecule has 98 valence electrons. The van der Waals surface area contributed by atoms with Crippen molar-refractivity contribution in [2.24, 2.45) is 10.7 Å². The van der Waals surface area contributed by atoms with Crippen LogP contribution in [0.25, 0.3) is 0 Å². The van der Waals surface area contributed by atoms with Crippen molar-refractivity contribution in [1.82, 2.24) is 4.90 Å². The minimum absolute atomic E-state index is 0.368. The lowest BCUT2D eigenvalue weighted by Crippen LogP contribution is -2.34. The molecule has 0 unspecified atom stereocenters. The second-order valence-corrected chi connectivity index (χ2v) is 4.21. The summed E-state index contributed by atoms with van der Waals surface area (Å²) in [5.74, 6) is 0.368. The third kappa shape index (κ3) is 2.94. The molecule has 1 saturated heterocycles. The maximum Gasteiger partial charge on any atom is 0.416 e. The Morgan fingerprint density at radius 2 is 1.67 bits per heavy atom. The van der Waals surface area contributed by atoms with Gasteiger partial charge in [-0.05, 0) is 37.1 Å². The van der Waals surface area contributed by atoms with Crippen LogP contribution >= 0.6 is 0 Å². The molecule has 1 aliphatic heterocycles. The highest BCUT2D eigenvalue weighted by molar-refractivity contribution is 5.81. The molecule has 1 aromatic carbocycles. The van der Waals surface area contributed by atoms with Crippen LogP contribution in [0.5, 0.6) is 0 Å². The molecular formula is C12H14F3N3. The fraction of sp³-hybridized carbons (Fsp3) is 0.417. The lowest BCUT2D eigenvalue weighted by molar-refractivity contribution is -0.137. The summed E-state index contributed by atoms with van der Waals surface area (Å²) in [6.45, 7) is 1.71. The Hall–Kier alpha value is -1.72. The number of hydrogen-bond donors (Lipinski definition) is 1. The first kappa shape index (κ1) is 12.7. The minimum atomic E-state index is -4.32. The zero-order chi connectivity index (χ0) is 13.2. The van der Waals surface area contributed by atoms with Crippen LogP contribution in [0.1, 0.15) is 18.4 Å². The molecule has 2 N–H and O–H groups in total. The van der Waals surface area contributed by atoms with Crippen molar-refractivity contribution < 1.29 is 13.2 Å². The first-order valence-corrected chi connectivity index (χ1v) is 5.73. The highest BCUT2D eigenvalue weighted by Gasteiger charge is 2.29. The van der Waals surface area contributed by atoms with Gasteiger partial charge in [0.05, 0.1) is 11.3 Å². The second-order valence-electron chi connectivity index (χ2n) is 4.21. The maximum absolute atomic E-state index is 12.4. The number of likely N-dealkylation sites (tertiary alicyclic amines) is 1. The number of guanidine groups is 1. The van der Waals surface area contributed by atoms with Crippen LogP contribution in [0.3, 0.4) is 0 Å². The smallest absolute Gasteiger partial charge is 0.369 e. The lowest BCUT2D eigenvalue weighted by Gasteiger charge is -2.15. The van der Waals surface area contributed by atoms with Crippen LogP contribution in [0.15, 0.2) is 29.3 Å². The van der Waals surface area contributed by atoms with Crippen molar-refractivity contribution in [3.8, 4) is 0 Å². The number of rotatable bonds is 1. The molecule has 0 bridgehead atoms. The lowest BCUT2D eigenvalue weighted by atomic mass is 10.2. The highest BCUT2D eigenvalue weighted by Crippen LogP contribution is 2.30. The normalized spacial score (nSPS) is 17.3. The first-order chi connectivity index (χ1) is 8.47. The van der Waals surface area contributed by atoms with Gasteiger partial charge in [0.1, 0.15) is 0 Å². The summed E-state index contributed by atoms with van der Waals surface area (Å²) in [5.41, 5.74) is 5.55. The summed E-state index contributed by atoms with van der Waals surface area (Å²) < 4.78 is 37.1. The molecule has 6 heteroatoms. The second kappa shape index (κ2) is 4.88. The quantitative estimate of drug-likeness (QED) is 0.621. The van der Waals surface area contributed by atoms with Gasteiger partial charge in [-0.15, -0.1) is 0 Å². The van der Waals surface area contributed by atoms with Crippen molar-refractivity contribution in [1.29, 1.82) is 0 Å². The largest absolute Gasteiger partial charge is 0.416 e. The number of halogens is 3. The van der Waals surface area contributed by atoms with E-state index in [1.165, 1.54) is 12.1 Å². The van der Waals surface area contributed by atoms with Crippen LogP contribution in [-0.2, 0) is 6.18 Å². The number of nitrogens with two attached hydrogens (primary N) is 1. The molecule has 0 atom stereocenters. The molecule has 0 amide bonds. The van der Waals surface area contributed by atoms with Gasteiger partial charge in [0.25, 0.3) is 0 Å². The SMILES string of the molecule is NC(=Nc1ccc(C(F)(F)F)cc1)N1CCCC1. The van der Waals surface area contributed by atoms with E-state index in [9.17, 15) is 13.2 Å². The Balaban J connectivity index is 2.12. The van der Waals surface area contributed by atoms with Gasteiger partial charge < -0.3 is 10.6 Å². The number of benzene rings is 1. The minimum Gasteiger partial charge on any atom is -0.369 e. The monoisotopic (exact) mass is 257 g/mol. The van der Waals surface area contributed by atoms with E-state index < -0.39 is 11.7 Å². The van der Waals surface area contributed by atoms with Gasteiger partial charge in [-0.2, -0.15) is 13.2 Å². The molecule has 0 radical (unpaired) electrons. The summed E-state index contributed by atoms with van der Waals surface area (Å²) in [6, 6.07) is 4.67. The van der Waals surface area contributed by atoms with Crippen LogP contribution in [0, 0.1) is 0 Å². The van der Waals surface area contributed by atoms with E-state index in [4.69, 9.17) is 5.73 Å².